The molecule has 1 amide bonds. The second-order valence-electron chi connectivity index (χ2n) is 7.86. The fraction of sp³-hybridized carbons (Fsp3) is 0.545. The van der Waals surface area contributed by atoms with Gasteiger partial charge in [0.15, 0.2) is 0 Å². The van der Waals surface area contributed by atoms with Gasteiger partial charge in [-0.05, 0) is 57.8 Å². The number of rotatable bonds is 6. The lowest BCUT2D eigenvalue weighted by atomic mass is 9.93. The molecule has 1 saturated heterocycles. The molecular weight excluding hydrogens is 336 g/mol. The normalized spacial score (nSPS) is 17.5. The van der Waals surface area contributed by atoms with Crippen LogP contribution in [0.5, 0.6) is 0 Å². The van der Waals surface area contributed by atoms with Crippen LogP contribution >= 0.6 is 0 Å². The van der Waals surface area contributed by atoms with Gasteiger partial charge >= 0.3 is 0 Å². The van der Waals surface area contributed by atoms with Gasteiger partial charge in [0.05, 0.1) is 17.8 Å². The Bertz CT molecular complexity index is 763. The molecule has 0 radical (unpaired) electrons. The highest BCUT2D eigenvalue weighted by Gasteiger charge is 2.30. The minimum absolute atomic E-state index is 0.122. The summed E-state index contributed by atoms with van der Waals surface area (Å²) in [5, 5.41) is 4.42. The molecule has 2 aromatic rings. The van der Waals surface area contributed by atoms with Crippen molar-refractivity contribution in [1.82, 2.24) is 19.6 Å². The fourth-order valence-corrected chi connectivity index (χ4v) is 3.98. The van der Waals surface area contributed by atoms with Crippen LogP contribution in [0.4, 0.5) is 0 Å². The Morgan fingerprint density at radius 3 is 2.63 bits per heavy atom. The summed E-state index contributed by atoms with van der Waals surface area (Å²) in [6, 6.07) is 8.94. The molecule has 1 unspecified atom stereocenters. The summed E-state index contributed by atoms with van der Waals surface area (Å²) in [7, 11) is 4.16. The molecular formula is C22H32N4O. The van der Waals surface area contributed by atoms with Crippen LogP contribution in [0.15, 0.2) is 30.5 Å². The molecule has 5 heteroatoms. The van der Waals surface area contributed by atoms with Crippen molar-refractivity contribution in [2.75, 3.05) is 20.6 Å². The van der Waals surface area contributed by atoms with Gasteiger partial charge in [-0.25, -0.2) is 0 Å². The average molecular weight is 369 g/mol. The third-order valence-corrected chi connectivity index (χ3v) is 5.40. The fourth-order valence-electron chi connectivity index (χ4n) is 3.98. The topological polar surface area (TPSA) is 41.4 Å². The summed E-state index contributed by atoms with van der Waals surface area (Å²) in [4.78, 5) is 17.5. The minimum Gasteiger partial charge on any atom is -0.332 e. The summed E-state index contributed by atoms with van der Waals surface area (Å²) in [5.74, 6) is 0.122. The lowest BCUT2D eigenvalue weighted by Gasteiger charge is -2.36. The van der Waals surface area contributed by atoms with Crippen molar-refractivity contribution < 1.29 is 4.79 Å². The first-order valence-electron chi connectivity index (χ1n) is 10.1. The van der Waals surface area contributed by atoms with E-state index in [0.29, 0.717) is 0 Å². The van der Waals surface area contributed by atoms with Gasteiger partial charge in [-0.15, -0.1) is 0 Å². The van der Waals surface area contributed by atoms with E-state index in [4.69, 9.17) is 0 Å². The SMILES string of the molecule is CCCn1ncc(C(=O)N2CCCCC2c2ccc(CN(C)C)cc2)c1C. The molecule has 0 spiro atoms. The van der Waals surface area contributed by atoms with Crippen molar-refractivity contribution in [3.05, 3.63) is 52.8 Å². The second-order valence-corrected chi connectivity index (χ2v) is 7.86. The van der Waals surface area contributed by atoms with Crippen molar-refractivity contribution in [2.24, 2.45) is 0 Å². The van der Waals surface area contributed by atoms with Crippen LogP contribution < -0.4 is 0 Å². The lowest BCUT2D eigenvalue weighted by molar-refractivity contribution is 0.0610. The summed E-state index contributed by atoms with van der Waals surface area (Å²) < 4.78 is 1.95. The van der Waals surface area contributed by atoms with E-state index in [0.717, 1.165) is 50.2 Å². The third kappa shape index (κ3) is 4.41. The minimum atomic E-state index is 0.122. The quantitative estimate of drug-likeness (QED) is 0.773. The summed E-state index contributed by atoms with van der Waals surface area (Å²) >= 11 is 0. The van der Waals surface area contributed by atoms with Crippen molar-refractivity contribution in [3.8, 4) is 0 Å². The number of hydrogen-bond donors (Lipinski definition) is 0. The number of carbonyl (C=O) groups is 1. The zero-order valence-corrected chi connectivity index (χ0v) is 17.1. The summed E-state index contributed by atoms with van der Waals surface area (Å²) in [5.41, 5.74) is 4.27. The Morgan fingerprint density at radius 1 is 1.22 bits per heavy atom. The van der Waals surface area contributed by atoms with Crippen molar-refractivity contribution in [1.29, 1.82) is 0 Å². The zero-order valence-electron chi connectivity index (χ0n) is 17.1. The van der Waals surface area contributed by atoms with Crippen LogP contribution in [0.2, 0.25) is 0 Å². The Morgan fingerprint density at radius 2 is 1.96 bits per heavy atom. The predicted molar refractivity (Wildman–Crippen MR) is 109 cm³/mol. The smallest absolute Gasteiger partial charge is 0.257 e. The number of nitrogens with zero attached hydrogens (tertiary/aromatic N) is 4. The van der Waals surface area contributed by atoms with E-state index in [9.17, 15) is 4.79 Å². The van der Waals surface area contributed by atoms with E-state index in [2.05, 4.69) is 60.2 Å². The van der Waals surface area contributed by atoms with Crippen LogP contribution in [0.1, 0.15) is 65.8 Å². The third-order valence-electron chi connectivity index (χ3n) is 5.40. The van der Waals surface area contributed by atoms with Gasteiger partial charge in [-0.3, -0.25) is 9.48 Å². The molecule has 27 heavy (non-hydrogen) atoms. The largest absolute Gasteiger partial charge is 0.332 e. The number of aryl methyl sites for hydroxylation is 1. The molecule has 146 valence electrons. The molecule has 0 aliphatic carbocycles. The van der Waals surface area contributed by atoms with E-state index in [1.807, 2.05) is 11.6 Å². The Hall–Kier alpha value is -2.14. The Labute approximate surface area is 163 Å². The highest BCUT2D eigenvalue weighted by molar-refractivity contribution is 5.95. The maximum absolute atomic E-state index is 13.3. The molecule has 1 aliphatic rings. The first-order valence-corrected chi connectivity index (χ1v) is 10.1. The standard InChI is InChI=1S/C22H32N4O/c1-5-13-26-17(2)20(15-23-26)22(27)25-14-7-6-8-21(25)19-11-9-18(10-12-19)16-24(3)4/h9-12,15,21H,5-8,13-14,16H2,1-4H3. The number of benzene rings is 1. The molecule has 1 aromatic carbocycles. The molecule has 0 saturated carbocycles. The second kappa shape index (κ2) is 8.70. The molecule has 2 heterocycles. The predicted octanol–water partition coefficient (Wildman–Crippen LogP) is 4.03. The molecule has 1 aromatic heterocycles. The van der Waals surface area contributed by atoms with Gasteiger partial charge in [0.25, 0.3) is 5.91 Å². The van der Waals surface area contributed by atoms with E-state index in [-0.39, 0.29) is 11.9 Å². The molecule has 0 bridgehead atoms. The van der Waals surface area contributed by atoms with Crippen LogP contribution in [-0.4, -0.2) is 46.1 Å². The first-order chi connectivity index (χ1) is 13.0. The maximum Gasteiger partial charge on any atom is 0.257 e. The number of carbonyl (C=O) groups excluding carboxylic acids is 1. The summed E-state index contributed by atoms with van der Waals surface area (Å²) in [6.07, 6.45) is 6.03. The highest BCUT2D eigenvalue weighted by Crippen LogP contribution is 2.32. The van der Waals surface area contributed by atoms with E-state index >= 15 is 0 Å². The van der Waals surface area contributed by atoms with Gasteiger partial charge in [0.2, 0.25) is 0 Å². The zero-order chi connectivity index (χ0) is 19.4. The van der Waals surface area contributed by atoms with E-state index in [1.54, 1.807) is 6.20 Å². The lowest BCUT2D eigenvalue weighted by Crippen LogP contribution is -2.38. The maximum atomic E-state index is 13.3. The van der Waals surface area contributed by atoms with Gasteiger partial charge in [-0.1, -0.05) is 31.2 Å². The average Bonchev–Trinajstić information content (AvgIpc) is 3.02. The molecule has 1 fully saturated rings. The van der Waals surface area contributed by atoms with Crippen LogP contribution in [-0.2, 0) is 13.1 Å². The highest BCUT2D eigenvalue weighted by atomic mass is 16.2. The van der Waals surface area contributed by atoms with Crippen LogP contribution in [0.3, 0.4) is 0 Å². The van der Waals surface area contributed by atoms with Gasteiger partial charge in [-0.2, -0.15) is 5.10 Å². The molecule has 1 atom stereocenters. The van der Waals surface area contributed by atoms with Gasteiger partial charge in [0, 0.05) is 25.3 Å². The number of amides is 1. The number of piperidine rings is 1. The monoisotopic (exact) mass is 368 g/mol. The van der Waals surface area contributed by atoms with Gasteiger partial charge < -0.3 is 9.80 Å². The van der Waals surface area contributed by atoms with Crippen molar-refractivity contribution in [2.45, 2.75) is 58.7 Å². The van der Waals surface area contributed by atoms with Gasteiger partial charge in [0.1, 0.15) is 0 Å². The van der Waals surface area contributed by atoms with E-state index < -0.39 is 0 Å². The molecule has 3 rings (SSSR count). The number of likely N-dealkylation sites (tertiary alicyclic amines) is 1. The summed E-state index contributed by atoms with van der Waals surface area (Å²) in [6.45, 7) is 6.74. The Kier molecular flexibility index (Phi) is 6.32. The van der Waals surface area contributed by atoms with E-state index in [1.165, 1.54) is 17.5 Å². The number of aromatic nitrogens is 2. The number of hydrogen-bond acceptors (Lipinski definition) is 3. The first kappa shape index (κ1) is 19.6. The Balaban J connectivity index is 1.82. The van der Waals surface area contributed by atoms with Crippen LogP contribution in [0, 0.1) is 6.92 Å². The molecule has 1 aliphatic heterocycles. The molecule has 0 N–H and O–H groups in total. The van der Waals surface area contributed by atoms with Crippen molar-refractivity contribution in [3.63, 3.8) is 0 Å². The van der Waals surface area contributed by atoms with Crippen molar-refractivity contribution >= 4 is 5.91 Å². The van der Waals surface area contributed by atoms with Crippen LogP contribution in [0.25, 0.3) is 0 Å². The molecule has 5 nitrogen and oxygen atoms in total.